The molecule has 5 heteroatoms. The minimum Gasteiger partial charge on any atom is -0.491 e. The number of nitrogen functional groups attached to an aromatic ring is 1. The number of hydrogen-bond acceptors (Lipinski definition) is 4. The summed E-state index contributed by atoms with van der Waals surface area (Å²) in [5, 5.41) is 0. The largest absolute Gasteiger partial charge is 0.491 e. The normalized spacial score (nSPS) is 11.8. The third-order valence-electron chi connectivity index (χ3n) is 2.94. The van der Waals surface area contributed by atoms with Crippen LogP contribution in [0.2, 0.25) is 0 Å². The molecule has 0 heterocycles. The Morgan fingerprint density at radius 3 is 2.45 bits per heavy atom. The number of rotatable bonds is 7. The highest BCUT2D eigenvalue weighted by Crippen LogP contribution is 2.31. The molecule has 114 valence electrons. The van der Waals surface area contributed by atoms with Crippen molar-refractivity contribution in [3.05, 3.63) is 17.9 Å². The van der Waals surface area contributed by atoms with Gasteiger partial charge in [-0.15, -0.1) is 0 Å². The maximum Gasteiger partial charge on any atom is 0.167 e. The predicted octanol–water partition coefficient (Wildman–Crippen LogP) is 3.39. The summed E-state index contributed by atoms with van der Waals surface area (Å²) in [4.78, 5) is 0. The van der Waals surface area contributed by atoms with Gasteiger partial charge in [0.25, 0.3) is 0 Å². The summed E-state index contributed by atoms with van der Waals surface area (Å²) in [6.07, 6.45) is 0.578. The molecular formula is C15H24FNO3. The molecule has 1 aromatic carbocycles. The van der Waals surface area contributed by atoms with Gasteiger partial charge in [0.2, 0.25) is 0 Å². The first-order valence-electron chi connectivity index (χ1n) is 6.69. The lowest BCUT2D eigenvalue weighted by Crippen LogP contribution is -2.25. The lowest BCUT2D eigenvalue weighted by Gasteiger charge is -2.23. The smallest absolute Gasteiger partial charge is 0.167 e. The molecule has 0 saturated carbocycles. The quantitative estimate of drug-likeness (QED) is 0.780. The lowest BCUT2D eigenvalue weighted by atomic mass is 10.1. The Morgan fingerprint density at radius 2 is 1.90 bits per heavy atom. The minimum atomic E-state index is -0.485. The molecule has 0 bridgehead atoms. The van der Waals surface area contributed by atoms with Gasteiger partial charge in [-0.1, -0.05) is 0 Å². The predicted molar refractivity (Wildman–Crippen MR) is 77.8 cm³/mol. The molecule has 0 radical (unpaired) electrons. The number of benzene rings is 1. The summed E-state index contributed by atoms with van der Waals surface area (Å²) in [7, 11) is 1.65. The van der Waals surface area contributed by atoms with Crippen molar-refractivity contribution in [2.75, 3.05) is 19.5 Å². The molecule has 0 spiro atoms. The highest BCUT2D eigenvalue weighted by Gasteiger charge is 2.17. The molecule has 0 amide bonds. The van der Waals surface area contributed by atoms with Crippen LogP contribution in [0, 0.1) is 5.82 Å². The monoisotopic (exact) mass is 285 g/mol. The minimum absolute atomic E-state index is 0.117. The zero-order valence-corrected chi connectivity index (χ0v) is 12.8. The molecule has 0 unspecified atom stereocenters. The van der Waals surface area contributed by atoms with Crippen molar-refractivity contribution in [1.82, 2.24) is 0 Å². The van der Waals surface area contributed by atoms with Crippen molar-refractivity contribution >= 4 is 5.69 Å². The van der Waals surface area contributed by atoms with E-state index in [1.165, 1.54) is 12.1 Å². The molecule has 0 aliphatic carbocycles. The lowest BCUT2D eigenvalue weighted by molar-refractivity contribution is 0.00549. The fourth-order valence-corrected chi connectivity index (χ4v) is 1.53. The van der Waals surface area contributed by atoms with Crippen molar-refractivity contribution in [3.8, 4) is 11.5 Å². The van der Waals surface area contributed by atoms with Crippen LogP contribution in [0.5, 0.6) is 11.5 Å². The van der Waals surface area contributed by atoms with E-state index in [0.717, 1.165) is 0 Å². The van der Waals surface area contributed by atoms with Crippen LogP contribution in [0.15, 0.2) is 12.1 Å². The first kappa shape index (κ1) is 16.6. The number of hydrogen-bond donors (Lipinski definition) is 1. The summed E-state index contributed by atoms with van der Waals surface area (Å²) in [5.41, 5.74) is 5.74. The van der Waals surface area contributed by atoms with Gasteiger partial charge < -0.3 is 19.9 Å². The molecule has 2 N–H and O–H groups in total. The van der Waals surface area contributed by atoms with Crippen LogP contribution in [0.25, 0.3) is 0 Å². The van der Waals surface area contributed by atoms with Gasteiger partial charge in [-0.2, -0.15) is 0 Å². The summed E-state index contributed by atoms with van der Waals surface area (Å²) >= 11 is 0. The number of nitrogens with two attached hydrogens (primary N) is 1. The fourth-order valence-electron chi connectivity index (χ4n) is 1.53. The Hall–Kier alpha value is -1.49. The van der Waals surface area contributed by atoms with E-state index < -0.39 is 5.82 Å². The Kier molecular flexibility index (Phi) is 5.62. The van der Waals surface area contributed by atoms with Crippen LogP contribution in [0.1, 0.15) is 34.1 Å². The van der Waals surface area contributed by atoms with Crippen molar-refractivity contribution < 1.29 is 18.6 Å². The summed E-state index contributed by atoms with van der Waals surface area (Å²) in [6.45, 7) is 8.03. The molecule has 0 aromatic heterocycles. The number of methoxy groups -OCH3 is 1. The second-order valence-corrected chi connectivity index (χ2v) is 5.55. The summed E-state index contributed by atoms with van der Waals surface area (Å²) in [5.74, 6) is 0.0879. The molecule has 0 atom stereocenters. The molecule has 20 heavy (non-hydrogen) atoms. The first-order chi connectivity index (χ1) is 9.25. The van der Waals surface area contributed by atoms with Crippen molar-refractivity contribution in [2.45, 2.75) is 45.8 Å². The van der Waals surface area contributed by atoms with Crippen LogP contribution >= 0.6 is 0 Å². The van der Waals surface area contributed by atoms with Gasteiger partial charge in [0.1, 0.15) is 5.75 Å². The standard InChI is InChI=1S/C15H24FNO3/c1-10(2)20-13-9-14(12(17)8-11(13)16)19-7-6-15(3,4)18-5/h8-10H,6-7,17H2,1-5H3. The maximum atomic E-state index is 13.7. The molecule has 1 rings (SSSR count). The Labute approximate surface area is 120 Å². The van der Waals surface area contributed by atoms with Crippen molar-refractivity contribution in [1.29, 1.82) is 0 Å². The molecule has 4 nitrogen and oxygen atoms in total. The number of ether oxygens (including phenoxy) is 3. The Morgan fingerprint density at radius 1 is 1.25 bits per heavy atom. The van der Waals surface area contributed by atoms with Crippen LogP contribution < -0.4 is 15.2 Å². The zero-order valence-electron chi connectivity index (χ0n) is 12.8. The van der Waals surface area contributed by atoms with Crippen molar-refractivity contribution in [2.24, 2.45) is 0 Å². The SMILES string of the molecule is COC(C)(C)CCOc1cc(OC(C)C)c(F)cc1N. The van der Waals surface area contributed by atoms with E-state index >= 15 is 0 Å². The van der Waals surface area contributed by atoms with Gasteiger partial charge in [0, 0.05) is 25.7 Å². The van der Waals surface area contributed by atoms with Gasteiger partial charge in [0.05, 0.1) is 24.0 Å². The zero-order chi connectivity index (χ0) is 15.3. The van der Waals surface area contributed by atoms with E-state index in [0.29, 0.717) is 18.8 Å². The Bertz CT molecular complexity index is 447. The van der Waals surface area contributed by atoms with E-state index in [4.69, 9.17) is 19.9 Å². The van der Waals surface area contributed by atoms with Crippen LogP contribution in [-0.4, -0.2) is 25.4 Å². The second-order valence-electron chi connectivity index (χ2n) is 5.55. The second kappa shape index (κ2) is 6.79. The number of anilines is 1. The third-order valence-corrected chi connectivity index (χ3v) is 2.94. The molecule has 0 aliphatic rings. The third kappa shape index (κ3) is 4.89. The van der Waals surface area contributed by atoms with E-state index in [2.05, 4.69) is 0 Å². The van der Waals surface area contributed by atoms with E-state index in [1.807, 2.05) is 27.7 Å². The average molecular weight is 285 g/mol. The van der Waals surface area contributed by atoms with Gasteiger partial charge in [0.15, 0.2) is 11.6 Å². The van der Waals surface area contributed by atoms with Gasteiger partial charge in [-0.3, -0.25) is 0 Å². The van der Waals surface area contributed by atoms with E-state index in [1.54, 1.807) is 7.11 Å². The van der Waals surface area contributed by atoms with Crippen LogP contribution in [-0.2, 0) is 4.74 Å². The van der Waals surface area contributed by atoms with Crippen LogP contribution in [0.3, 0.4) is 0 Å². The van der Waals surface area contributed by atoms with Crippen LogP contribution in [0.4, 0.5) is 10.1 Å². The van der Waals surface area contributed by atoms with Gasteiger partial charge in [-0.05, 0) is 27.7 Å². The maximum absolute atomic E-state index is 13.7. The Balaban J connectivity index is 2.74. The highest BCUT2D eigenvalue weighted by atomic mass is 19.1. The van der Waals surface area contributed by atoms with Gasteiger partial charge in [-0.25, -0.2) is 4.39 Å². The summed E-state index contributed by atoms with van der Waals surface area (Å²) in [6, 6.07) is 2.71. The topological polar surface area (TPSA) is 53.7 Å². The van der Waals surface area contributed by atoms with Crippen molar-refractivity contribution in [3.63, 3.8) is 0 Å². The molecule has 1 aromatic rings. The molecule has 0 fully saturated rings. The summed E-state index contributed by atoms with van der Waals surface area (Å²) < 4.78 is 30.0. The highest BCUT2D eigenvalue weighted by molar-refractivity contribution is 5.56. The molecule has 0 saturated heterocycles. The molecular weight excluding hydrogens is 261 g/mol. The fraction of sp³-hybridized carbons (Fsp3) is 0.600. The van der Waals surface area contributed by atoms with Gasteiger partial charge >= 0.3 is 0 Å². The average Bonchev–Trinajstić information content (AvgIpc) is 2.34. The van der Waals surface area contributed by atoms with E-state index in [-0.39, 0.29) is 23.1 Å². The van der Waals surface area contributed by atoms with E-state index in [9.17, 15) is 4.39 Å². The first-order valence-corrected chi connectivity index (χ1v) is 6.69. The number of halogens is 1. The molecule has 0 aliphatic heterocycles.